The number of carbonyl (C=O) groups excluding carboxylic acids is 1. The van der Waals surface area contributed by atoms with Crippen LogP contribution < -0.4 is 5.32 Å². The van der Waals surface area contributed by atoms with Crippen LogP contribution in [0.3, 0.4) is 0 Å². The van der Waals surface area contributed by atoms with Gasteiger partial charge in [-0.1, -0.05) is 30.3 Å². The SMILES string of the molecule is O=Cc1cccc2c1Cc1ccccc1N2. The highest BCUT2D eigenvalue weighted by Crippen LogP contribution is 2.33. The summed E-state index contributed by atoms with van der Waals surface area (Å²) >= 11 is 0. The molecule has 0 amide bonds. The van der Waals surface area contributed by atoms with Crippen LogP contribution in [0.1, 0.15) is 21.5 Å². The van der Waals surface area contributed by atoms with Crippen molar-refractivity contribution in [2.24, 2.45) is 0 Å². The molecular formula is C14H11NO. The van der Waals surface area contributed by atoms with Crippen molar-refractivity contribution in [3.8, 4) is 0 Å². The Balaban J connectivity index is 2.15. The third kappa shape index (κ3) is 1.31. The zero-order chi connectivity index (χ0) is 11.0. The molecule has 1 aliphatic rings. The molecule has 2 heteroatoms. The summed E-state index contributed by atoms with van der Waals surface area (Å²) in [7, 11) is 0. The van der Waals surface area contributed by atoms with Gasteiger partial charge in [-0.05, 0) is 23.3 Å². The number of aldehydes is 1. The number of fused-ring (bicyclic) bond motifs is 2. The molecule has 2 aromatic rings. The van der Waals surface area contributed by atoms with Crippen molar-refractivity contribution in [1.29, 1.82) is 0 Å². The molecular weight excluding hydrogens is 198 g/mol. The Morgan fingerprint density at radius 2 is 1.81 bits per heavy atom. The fraction of sp³-hybridized carbons (Fsp3) is 0.0714. The lowest BCUT2D eigenvalue weighted by atomic mass is 9.94. The molecule has 0 spiro atoms. The molecule has 0 atom stereocenters. The van der Waals surface area contributed by atoms with Gasteiger partial charge < -0.3 is 5.32 Å². The van der Waals surface area contributed by atoms with Gasteiger partial charge in [-0.15, -0.1) is 0 Å². The van der Waals surface area contributed by atoms with Gasteiger partial charge in [0.1, 0.15) is 6.29 Å². The van der Waals surface area contributed by atoms with Gasteiger partial charge in [0.05, 0.1) is 0 Å². The molecule has 1 heterocycles. The molecule has 0 bridgehead atoms. The first-order valence-electron chi connectivity index (χ1n) is 5.30. The summed E-state index contributed by atoms with van der Waals surface area (Å²) in [6.45, 7) is 0. The van der Waals surface area contributed by atoms with E-state index in [1.165, 1.54) is 5.56 Å². The predicted octanol–water partition coefficient (Wildman–Crippen LogP) is 3.15. The molecule has 0 saturated heterocycles. The minimum atomic E-state index is 0.777. The van der Waals surface area contributed by atoms with E-state index in [2.05, 4.69) is 17.4 Å². The van der Waals surface area contributed by atoms with Gasteiger partial charge in [0.25, 0.3) is 0 Å². The fourth-order valence-corrected chi connectivity index (χ4v) is 2.16. The maximum absolute atomic E-state index is 11.0. The lowest BCUT2D eigenvalue weighted by molar-refractivity contribution is 0.112. The monoisotopic (exact) mass is 209 g/mol. The van der Waals surface area contributed by atoms with E-state index in [1.807, 2.05) is 30.3 Å². The second-order valence-electron chi connectivity index (χ2n) is 3.95. The fourth-order valence-electron chi connectivity index (χ4n) is 2.16. The predicted molar refractivity (Wildman–Crippen MR) is 64.4 cm³/mol. The van der Waals surface area contributed by atoms with Gasteiger partial charge >= 0.3 is 0 Å². The van der Waals surface area contributed by atoms with E-state index in [1.54, 1.807) is 0 Å². The van der Waals surface area contributed by atoms with Crippen LogP contribution in [-0.2, 0) is 6.42 Å². The number of rotatable bonds is 1. The first-order chi connectivity index (χ1) is 7.88. The number of hydrogen-bond donors (Lipinski definition) is 1. The maximum Gasteiger partial charge on any atom is 0.150 e. The average molecular weight is 209 g/mol. The van der Waals surface area contributed by atoms with E-state index in [0.717, 1.165) is 35.2 Å². The number of carbonyl (C=O) groups is 1. The van der Waals surface area contributed by atoms with Crippen molar-refractivity contribution in [2.45, 2.75) is 6.42 Å². The zero-order valence-electron chi connectivity index (χ0n) is 8.73. The van der Waals surface area contributed by atoms with Crippen molar-refractivity contribution in [1.82, 2.24) is 0 Å². The highest BCUT2D eigenvalue weighted by molar-refractivity contribution is 5.84. The van der Waals surface area contributed by atoms with Gasteiger partial charge in [-0.25, -0.2) is 0 Å². The molecule has 3 rings (SSSR count). The smallest absolute Gasteiger partial charge is 0.150 e. The summed E-state index contributed by atoms with van der Waals surface area (Å²) in [6, 6.07) is 14.0. The van der Waals surface area contributed by atoms with Gasteiger partial charge in [0.15, 0.2) is 0 Å². The van der Waals surface area contributed by atoms with Crippen molar-refractivity contribution in [2.75, 3.05) is 5.32 Å². The standard InChI is InChI=1S/C14H11NO/c16-9-11-5-3-7-14-12(11)8-10-4-1-2-6-13(10)15-14/h1-7,9,15H,8H2. The summed E-state index contributed by atoms with van der Waals surface area (Å²) in [4.78, 5) is 11.0. The zero-order valence-corrected chi connectivity index (χ0v) is 8.73. The first kappa shape index (κ1) is 9.16. The van der Waals surface area contributed by atoms with Crippen molar-refractivity contribution in [3.05, 3.63) is 59.2 Å². The highest BCUT2D eigenvalue weighted by atomic mass is 16.1. The third-order valence-corrected chi connectivity index (χ3v) is 2.99. The molecule has 0 aromatic heterocycles. The van der Waals surface area contributed by atoms with Crippen molar-refractivity contribution in [3.63, 3.8) is 0 Å². The first-order valence-corrected chi connectivity index (χ1v) is 5.30. The third-order valence-electron chi connectivity index (χ3n) is 2.99. The van der Waals surface area contributed by atoms with Gasteiger partial charge in [0, 0.05) is 23.4 Å². The lowest BCUT2D eigenvalue weighted by Gasteiger charge is -2.22. The normalized spacial score (nSPS) is 12.2. The molecule has 0 saturated carbocycles. The Kier molecular flexibility index (Phi) is 2.00. The Bertz CT molecular complexity index is 560. The number of anilines is 2. The second-order valence-corrected chi connectivity index (χ2v) is 3.95. The number of para-hydroxylation sites is 1. The summed E-state index contributed by atoms with van der Waals surface area (Å²) in [5, 5.41) is 3.36. The quantitative estimate of drug-likeness (QED) is 0.624. The molecule has 1 aliphatic heterocycles. The summed E-state index contributed by atoms with van der Waals surface area (Å²) in [5.41, 5.74) is 5.29. The van der Waals surface area contributed by atoms with Crippen LogP contribution in [0, 0.1) is 0 Å². The topological polar surface area (TPSA) is 29.1 Å². The van der Waals surface area contributed by atoms with E-state index < -0.39 is 0 Å². The van der Waals surface area contributed by atoms with Crippen LogP contribution in [0.5, 0.6) is 0 Å². The van der Waals surface area contributed by atoms with Crippen LogP contribution >= 0.6 is 0 Å². The molecule has 0 fully saturated rings. The summed E-state index contributed by atoms with van der Waals surface area (Å²) < 4.78 is 0. The van der Waals surface area contributed by atoms with E-state index in [4.69, 9.17) is 0 Å². The summed E-state index contributed by atoms with van der Waals surface area (Å²) in [5.74, 6) is 0. The summed E-state index contributed by atoms with van der Waals surface area (Å²) in [6.07, 6.45) is 1.75. The van der Waals surface area contributed by atoms with Crippen LogP contribution in [0.25, 0.3) is 0 Å². The molecule has 1 N–H and O–H groups in total. The Morgan fingerprint density at radius 3 is 2.69 bits per heavy atom. The van der Waals surface area contributed by atoms with Gasteiger partial charge in [-0.2, -0.15) is 0 Å². The van der Waals surface area contributed by atoms with Crippen LogP contribution in [-0.4, -0.2) is 6.29 Å². The second kappa shape index (κ2) is 3.49. The number of nitrogens with one attached hydrogen (secondary N) is 1. The Hall–Kier alpha value is -2.09. The number of hydrogen-bond acceptors (Lipinski definition) is 2. The van der Waals surface area contributed by atoms with E-state index >= 15 is 0 Å². The molecule has 16 heavy (non-hydrogen) atoms. The Morgan fingerprint density at radius 1 is 1.00 bits per heavy atom. The van der Waals surface area contributed by atoms with E-state index in [9.17, 15) is 4.79 Å². The molecule has 0 aliphatic carbocycles. The molecule has 2 aromatic carbocycles. The average Bonchev–Trinajstić information content (AvgIpc) is 2.35. The van der Waals surface area contributed by atoms with Crippen molar-refractivity contribution >= 4 is 17.7 Å². The Labute approximate surface area is 93.9 Å². The molecule has 0 radical (unpaired) electrons. The largest absolute Gasteiger partial charge is 0.355 e. The van der Waals surface area contributed by atoms with Crippen LogP contribution in [0.4, 0.5) is 11.4 Å². The lowest BCUT2D eigenvalue weighted by Crippen LogP contribution is -2.08. The molecule has 2 nitrogen and oxygen atoms in total. The van der Waals surface area contributed by atoms with Crippen LogP contribution in [0.2, 0.25) is 0 Å². The maximum atomic E-state index is 11.0. The highest BCUT2D eigenvalue weighted by Gasteiger charge is 2.16. The molecule has 78 valence electrons. The minimum Gasteiger partial charge on any atom is -0.355 e. The van der Waals surface area contributed by atoms with Crippen molar-refractivity contribution < 1.29 is 4.79 Å². The minimum absolute atomic E-state index is 0.777. The van der Waals surface area contributed by atoms with Crippen LogP contribution in [0.15, 0.2) is 42.5 Å². The van der Waals surface area contributed by atoms with Gasteiger partial charge in [-0.3, -0.25) is 4.79 Å². The van der Waals surface area contributed by atoms with Gasteiger partial charge in [0.2, 0.25) is 0 Å². The number of benzene rings is 2. The van der Waals surface area contributed by atoms with E-state index in [0.29, 0.717) is 0 Å². The van der Waals surface area contributed by atoms with E-state index in [-0.39, 0.29) is 0 Å². The molecule has 0 unspecified atom stereocenters.